The fourth-order valence-electron chi connectivity index (χ4n) is 1.06. The fourth-order valence-corrected chi connectivity index (χ4v) is 1.06. The summed E-state index contributed by atoms with van der Waals surface area (Å²) in [5.41, 5.74) is 0. The van der Waals surface area contributed by atoms with Crippen molar-refractivity contribution in [1.82, 2.24) is 0 Å². The van der Waals surface area contributed by atoms with Crippen LogP contribution in [0.15, 0.2) is 0 Å². The Morgan fingerprint density at radius 2 is 0.625 bits per heavy atom. The van der Waals surface area contributed by atoms with E-state index in [1.54, 1.807) is 0 Å². The van der Waals surface area contributed by atoms with Crippen LogP contribution in [0.3, 0.4) is 0 Å². The number of hydrogen-bond donors (Lipinski definition) is 0. The summed E-state index contributed by atoms with van der Waals surface area (Å²) in [7, 11) is 0. The second kappa shape index (κ2) is 7.80. The molecule has 8 heavy (non-hydrogen) atoms. The van der Waals surface area contributed by atoms with Gasteiger partial charge in [-0.3, -0.25) is 0 Å². The molecule has 0 atom stereocenters. The molecule has 0 nitrogen and oxygen atoms in total. The third kappa shape index (κ3) is 4.94. The van der Waals surface area contributed by atoms with Gasteiger partial charge in [0, 0.05) is 16.8 Å². The van der Waals surface area contributed by atoms with Crippen molar-refractivity contribution in [2.45, 2.75) is 38.5 Å². The monoisotopic (exact) mass is 179 g/mol. The average Bonchev–Trinajstić information content (AvgIpc) is 1.72. The zero-order valence-corrected chi connectivity index (χ0v) is 6.84. The van der Waals surface area contributed by atoms with Crippen molar-refractivity contribution in [3.05, 3.63) is 0 Å². The van der Waals surface area contributed by atoms with Gasteiger partial charge in [0.05, 0.1) is 0 Å². The zero-order valence-electron chi connectivity index (χ0n) is 4.98. The van der Waals surface area contributed by atoms with Gasteiger partial charge in [-0.25, -0.2) is 0 Å². The minimum atomic E-state index is 0. The summed E-state index contributed by atoms with van der Waals surface area (Å²) in [6, 6.07) is 0. The Bertz CT molecular complexity index is 24.0. The molecule has 53 valence electrons. The molecule has 0 bridgehead atoms. The Morgan fingerprint density at radius 1 is 0.500 bits per heavy atom. The average molecular weight is 180 g/mol. The van der Waals surface area contributed by atoms with Gasteiger partial charge in [-0.05, 0) is 0 Å². The van der Waals surface area contributed by atoms with E-state index in [0.29, 0.717) is 0 Å². The van der Waals surface area contributed by atoms with Gasteiger partial charge in [0.2, 0.25) is 0 Å². The molecule has 0 aromatic carbocycles. The molecule has 2 heteroatoms. The summed E-state index contributed by atoms with van der Waals surface area (Å²) < 4.78 is 0. The van der Waals surface area contributed by atoms with Crippen LogP contribution in [0.2, 0.25) is 0 Å². The van der Waals surface area contributed by atoms with Gasteiger partial charge in [0.1, 0.15) is 0 Å². The van der Waals surface area contributed by atoms with Crippen LogP contribution in [0.4, 0.5) is 0 Å². The fraction of sp³-hybridized carbons (Fsp3) is 1.00. The molecule has 0 aliphatic heterocycles. The third-order valence-electron chi connectivity index (χ3n) is 1.50. The summed E-state index contributed by atoms with van der Waals surface area (Å²) in [6.45, 7) is 0. The van der Waals surface area contributed by atoms with Crippen molar-refractivity contribution in [3.8, 4) is 0 Å². The Kier molecular flexibility index (Phi) is 11.3. The molecular formula is C6H13ClCo. The zero-order chi connectivity index (χ0) is 4.24. The van der Waals surface area contributed by atoms with E-state index in [1.165, 1.54) is 38.5 Å². The van der Waals surface area contributed by atoms with Crippen LogP contribution in [-0.4, -0.2) is 0 Å². The van der Waals surface area contributed by atoms with Gasteiger partial charge in [-0.1, -0.05) is 38.5 Å². The Balaban J connectivity index is 0. The van der Waals surface area contributed by atoms with Gasteiger partial charge >= 0.3 is 0 Å². The molecule has 0 aromatic heterocycles. The van der Waals surface area contributed by atoms with Crippen LogP contribution >= 0.6 is 12.4 Å². The first-order valence-corrected chi connectivity index (χ1v) is 3.00. The molecule has 1 aliphatic rings. The molecule has 1 aliphatic carbocycles. The minimum Gasteiger partial charge on any atom is -0.147 e. The number of rotatable bonds is 0. The number of halogens is 1. The third-order valence-corrected chi connectivity index (χ3v) is 1.50. The summed E-state index contributed by atoms with van der Waals surface area (Å²) in [4.78, 5) is 0. The van der Waals surface area contributed by atoms with Crippen LogP contribution in [0.5, 0.6) is 0 Å². The first-order valence-electron chi connectivity index (χ1n) is 3.00. The molecule has 1 radical (unpaired) electrons. The first kappa shape index (κ1) is 11.6. The summed E-state index contributed by atoms with van der Waals surface area (Å²) >= 11 is 0. The van der Waals surface area contributed by atoms with Crippen molar-refractivity contribution < 1.29 is 16.8 Å². The van der Waals surface area contributed by atoms with E-state index < -0.39 is 0 Å². The predicted molar refractivity (Wildman–Crippen MR) is 34.9 cm³/mol. The van der Waals surface area contributed by atoms with Gasteiger partial charge < -0.3 is 0 Å². The van der Waals surface area contributed by atoms with Crippen molar-refractivity contribution in [2.75, 3.05) is 0 Å². The van der Waals surface area contributed by atoms with E-state index in [9.17, 15) is 0 Å². The molecule has 0 unspecified atom stereocenters. The van der Waals surface area contributed by atoms with Crippen molar-refractivity contribution >= 4 is 12.4 Å². The quantitative estimate of drug-likeness (QED) is 0.537. The molecule has 0 heterocycles. The second-order valence-corrected chi connectivity index (χ2v) is 2.12. The topological polar surface area (TPSA) is 0 Å². The van der Waals surface area contributed by atoms with E-state index in [2.05, 4.69) is 0 Å². The summed E-state index contributed by atoms with van der Waals surface area (Å²) in [5, 5.41) is 0. The molecule has 0 saturated heterocycles. The molecule has 1 fully saturated rings. The van der Waals surface area contributed by atoms with Crippen molar-refractivity contribution in [2.24, 2.45) is 0 Å². The van der Waals surface area contributed by atoms with Gasteiger partial charge in [-0.2, -0.15) is 0 Å². The maximum Gasteiger partial charge on any atom is 0 e. The molecule has 0 N–H and O–H groups in total. The normalized spacial score (nSPS) is 18.0. The number of hydrogen-bond acceptors (Lipinski definition) is 0. The molecule has 1 saturated carbocycles. The molecule has 0 spiro atoms. The van der Waals surface area contributed by atoms with Gasteiger partial charge in [0.15, 0.2) is 0 Å². The van der Waals surface area contributed by atoms with Gasteiger partial charge in [-0.15, -0.1) is 12.4 Å². The van der Waals surface area contributed by atoms with Crippen LogP contribution in [0.25, 0.3) is 0 Å². The standard InChI is InChI=1S/C6H12.ClH.Co/c1-2-4-6-5-3-1;;/h1-6H2;1H;. The molecular weight excluding hydrogens is 166 g/mol. The Labute approximate surface area is 68.0 Å². The minimum absolute atomic E-state index is 0. The molecule has 1 rings (SSSR count). The largest absolute Gasteiger partial charge is 0.147 e. The summed E-state index contributed by atoms with van der Waals surface area (Å²) in [5.74, 6) is 0. The SMILES string of the molecule is C1CCCCC1.Cl.[Co]. The van der Waals surface area contributed by atoms with Gasteiger partial charge in [0.25, 0.3) is 0 Å². The molecule has 0 aromatic rings. The first-order chi connectivity index (χ1) is 3.00. The van der Waals surface area contributed by atoms with Crippen LogP contribution < -0.4 is 0 Å². The van der Waals surface area contributed by atoms with Crippen molar-refractivity contribution in [1.29, 1.82) is 0 Å². The van der Waals surface area contributed by atoms with Crippen molar-refractivity contribution in [3.63, 3.8) is 0 Å². The van der Waals surface area contributed by atoms with Crippen LogP contribution in [0, 0.1) is 0 Å². The van der Waals surface area contributed by atoms with E-state index >= 15 is 0 Å². The van der Waals surface area contributed by atoms with Crippen LogP contribution in [0.1, 0.15) is 38.5 Å². The smallest absolute Gasteiger partial charge is 0 e. The maximum absolute atomic E-state index is 1.50. The Morgan fingerprint density at radius 3 is 0.750 bits per heavy atom. The van der Waals surface area contributed by atoms with E-state index in [1.807, 2.05) is 0 Å². The second-order valence-electron chi connectivity index (χ2n) is 2.12. The Hall–Kier alpha value is 0.796. The van der Waals surface area contributed by atoms with E-state index in [4.69, 9.17) is 0 Å². The van der Waals surface area contributed by atoms with Crippen LogP contribution in [-0.2, 0) is 16.8 Å². The molecule has 0 amide bonds. The maximum atomic E-state index is 1.50. The van der Waals surface area contributed by atoms with E-state index in [-0.39, 0.29) is 29.2 Å². The van der Waals surface area contributed by atoms with E-state index in [0.717, 1.165) is 0 Å². The predicted octanol–water partition coefficient (Wildman–Crippen LogP) is 2.76. The summed E-state index contributed by atoms with van der Waals surface area (Å²) in [6.07, 6.45) is 9.00.